The number of hydrogen-bond acceptors (Lipinski definition) is 4. The van der Waals surface area contributed by atoms with E-state index in [4.69, 9.17) is 4.74 Å². The Kier molecular flexibility index (Phi) is 4.24. The third-order valence-corrected chi connectivity index (χ3v) is 3.67. The van der Waals surface area contributed by atoms with E-state index in [0.29, 0.717) is 11.4 Å². The molecular formula is C13H15F3N2O3. The molecule has 0 amide bonds. The first-order valence-electron chi connectivity index (χ1n) is 6.47. The number of methoxy groups -OCH3 is 1. The van der Waals surface area contributed by atoms with Gasteiger partial charge in [0.25, 0.3) is 5.69 Å². The van der Waals surface area contributed by atoms with Crippen LogP contribution in [-0.2, 0) is 0 Å². The first-order chi connectivity index (χ1) is 9.82. The lowest BCUT2D eigenvalue weighted by Crippen LogP contribution is -2.39. The molecule has 0 unspecified atom stereocenters. The van der Waals surface area contributed by atoms with E-state index in [1.54, 1.807) is 4.90 Å². The van der Waals surface area contributed by atoms with Crippen molar-refractivity contribution in [3.63, 3.8) is 0 Å². The first-order valence-corrected chi connectivity index (χ1v) is 6.47. The number of non-ortho nitro benzene ring substituents is 1. The molecule has 0 saturated carbocycles. The third-order valence-electron chi connectivity index (χ3n) is 3.67. The Labute approximate surface area is 119 Å². The van der Waals surface area contributed by atoms with Crippen molar-refractivity contribution < 1.29 is 22.8 Å². The minimum absolute atomic E-state index is 0.0175. The molecule has 0 atom stereocenters. The van der Waals surface area contributed by atoms with Crippen molar-refractivity contribution >= 4 is 11.4 Å². The topological polar surface area (TPSA) is 55.6 Å². The van der Waals surface area contributed by atoms with E-state index >= 15 is 0 Å². The fraction of sp³-hybridized carbons (Fsp3) is 0.538. The summed E-state index contributed by atoms with van der Waals surface area (Å²) in [5.41, 5.74) is 0.476. The van der Waals surface area contributed by atoms with Crippen LogP contribution < -0.4 is 9.64 Å². The summed E-state index contributed by atoms with van der Waals surface area (Å²) in [6.07, 6.45) is -4.13. The number of halogens is 3. The second-order valence-corrected chi connectivity index (χ2v) is 4.92. The fourth-order valence-electron chi connectivity index (χ4n) is 2.49. The average molecular weight is 304 g/mol. The standard InChI is InChI=1S/C13H15F3N2O3/c1-21-12-8-10(18(19)20)2-3-11(12)17-6-4-9(5-7-17)13(14,15)16/h2-3,8-9H,4-7H2,1H3. The van der Waals surface area contributed by atoms with Crippen LogP contribution in [0.4, 0.5) is 24.5 Å². The van der Waals surface area contributed by atoms with E-state index in [0.717, 1.165) is 0 Å². The summed E-state index contributed by atoms with van der Waals surface area (Å²) in [6.45, 7) is 0.497. The Morgan fingerprint density at radius 3 is 2.43 bits per heavy atom. The summed E-state index contributed by atoms with van der Waals surface area (Å²) in [5, 5.41) is 10.7. The number of anilines is 1. The number of benzene rings is 1. The van der Waals surface area contributed by atoms with Gasteiger partial charge in [0.1, 0.15) is 5.75 Å². The number of hydrogen-bond donors (Lipinski definition) is 0. The quantitative estimate of drug-likeness (QED) is 0.634. The van der Waals surface area contributed by atoms with Crippen LogP contribution in [0.3, 0.4) is 0 Å². The normalized spacial score (nSPS) is 16.9. The largest absolute Gasteiger partial charge is 0.494 e. The minimum Gasteiger partial charge on any atom is -0.494 e. The SMILES string of the molecule is COc1cc([N+](=O)[O-])ccc1N1CCC(C(F)(F)F)CC1. The second kappa shape index (κ2) is 5.79. The maximum Gasteiger partial charge on any atom is 0.391 e. The highest BCUT2D eigenvalue weighted by Gasteiger charge is 2.41. The van der Waals surface area contributed by atoms with Gasteiger partial charge in [-0.25, -0.2) is 0 Å². The summed E-state index contributed by atoms with van der Waals surface area (Å²) in [4.78, 5) is 12.0. The molecule has 0 aliphatic carbocycles. The Morgan fingerprint density at radius 2 is 1.95 bits per heavy atom. The van der Waals surface area contributed by atoms with Crippen molar-refractivity contribution in [3.8, 4) is 5.75 Å². The predicted molar refractivity (Wildman–Crippen MR) is 70.6 cm³/mol. The minimum atomic E-state index is -4.16. The molecule has 2 rings (SSSR count). The molecule has 1 aromatic carbocycles. The zero-order valence-corrected chi connectivity index (χ0v) is 11.4. The van der Waals surface area contributed by atoms with Crippen LogP contribution >= 0.6 is 0 Å². The van der Waals surface area contributed by atoms with Crippen LogP contribution in [0.2, 0.25) is 0 Å². The molecule has 1 heterocycles. The maximum absolute atomic E-state index is 12.6. The number of nitrogens with zero attached hydrogens (tertiary/aromatic N) is 2. The maximum atomic E-state index is 12.6. The highest BCUT2D eigenvalue weighted by Crippen LogP contribution is 2.38. The lowest BCUT2D eigenvalue weighted by molar-refractivity contribution is -0.384. The molecule has 8 heteroatoms. The number of alkyl halides is 3. The van der Waals surface area contributed by atoms with Gasteiger partial charge in [0.05, 0.1) is 29.7 Å². The molecule has 1 saturated heterocycles. The zero-order chi connectivity index (χ0) is 15.6. The van der Waals surface area contributed by atoms with Crippen LogP contribution in [-0.4, -0.2) is 31.3 Å². The highest BCUT2D eigenvalue weighted by molar-refractivity contribution is 5.62. The smallest absolute Gasteiger partial charge is 0.391 e. The molecule has 116 valence electrons. The van der Waals surface area contributed by atoms with E-state index in [-0.39, 0.29) is 31.6 Å². The molecular weight excluding hydrogens is 289 g/mol. The van der Waals surface area contributed by atoms with Gasteiger partial charge in [0.2, 0.25) is 0 Å². The fourth-order valence-corrected chi connectivity index (χ4v) is 2.49. The van der Waals surface area contributed by atoms with Gasteiger partial charge in [-0.05, 0) is 18.9 Å². The second-order valence-electron chi connectivity index (χ2n) is 4.92. The van der Waals surface area contributed by atoms with E-state index in [9.17, 15) is 23.3 Å². The lowest BCUT2D eigenvalue weighted by atomic mass is 9.96. The van der Waals surface area contributed by atoms with Gasteiger partial charge in [-0.1, -0.05) is 0 Å². The molecule has 1 aliphatic heterocycles. The van der Waals surface area contributed by atoms with Gasteiger partial charge in [0, 0.05) is 19.2 Å². The first kappa shape index (κ1) is 15.4. The molecule has 0 aromatic heterocycles. The Hall–Kier alpha value is -1.99. The summed E-state index contributed by atoms with van der Waals surface area (Å²) in [7, 11) is 1.38. The molecule has 0 radical (unpaired) electrons. The van der Waals surface area contributed by atoms with Crippen molar-refractivity contribution in [2.75, 3.05) is 25.1 Å². The van der Waals surface area contributed by atoms with Crippen molar-refractivity contribution in [1.82, 2.24) is 0 Å². The number of ether oxygens (including phenoxy) is 1. The number of nitro groups is 1. The van der Waals surface area contributed by atoms with Crippen LogP contribution in [0.5, 0.6) is 5.75 Å². The monoisotopic (exact) mass is 304 g/mol. The summed E-state index contributed by atoms with van der Waals surface area (Å²) in [5.74, 6) is -0.979. The van der Waals surface area contributed by atoms with Gasteiger partial charge < -0.3 is 9.64 Å². The highest BCUT2D eigenvalue weighted by atomic mass is 19.4. The van der Waals surface area contributed by atoms with Gasteiger partial charge in [0.15, 0.2) is 0 Å². The zero-order valence-electron chi connectivity index (χ0n) is 11.4. The molecule has 21 heavy (non-hydrogen) atoms. The molecule has 5 nitrogen and oxygen atoms in total. The molecule has 1 fully saturated rings. The Morgan fingerprint density at radius 1 is 1.33 bits per heavy atom. The van der Waals surface area contributed by atoms with Crippen LogP contribution in [0.1, 0.15) is 12.8 Å². The molecule has 1 aromatic rings. The van der Waals surface area contributed by atoms with Crippen molar-refractivity contribution in [3.05, 3.63) is 28.3 Å². The van der Waals surface area contributed by atoms with Crippen LogP contribution in [0.15, 0.2) is 18.2 Å². The van der Waals surface area contributed by atoms with Crippen molar-refractivity contribution in [1.29, 1.82) is 0 Å². The third kappa shape index (κ3) is 3.37. The van der Waals surface area contributed by atoms with Gasteiger partial charge in [-0.3, -0.25) is 10.1 Å². The van der Waals surface area contributed by atoms with Gasteiger partial charge in [-0.2, -0.15) is 13.2 Å². The Bertz CT molecular complexity index is 526. The van der Waals surface area contributed by atoms with Crippen molar-refractivity contribution in [2.24, 2.45) is 5.92 Å². The summed E-state index contributed by atoms with van der Waals surface area (Å²) < 4.78 is 43.0. The van der Waals surface area contributed by atoms with Crippen LogP contribution in [0.25, 0.3) is 0 Å². The summed E-state index contributed by atoms with van der Waals surface area (Å²) in [6, 6.07) is 4.13. The van der Waals surface area contributed by atoms with E-state index in [1.807, 2.05) is 0 Å². The van der Waals surface area contributed by atoms with E-state index in [1.165, 1.54) is 25.3 Å². The average Bonchev–Trinajstić information content (AvgIpc) is 2.45. The van der Waals surface area contributed by atoms with Gasteiger partial charge in [-0.15, -0.1) is 0 Å². The number of nitro benzene ring substituents is 1. The summed E-state index contributed by atoms with van der Waals surface area (Å²) >= 11 is 0. The molecule has 0 N–H and O–H groups in total. The van der Waals surface area contributed by atoms with Crippen molar-refractivity contribution in [2.45, 2.75) is 19.0 Å². The molecule has 1 aliphatic rings. The van der Waals surface area contributed by atoms with Crippen LogP contribution in [0, 0.1) is 16.0 Å². The number of rotatable bonds is 3. The van der Waals surface area contributed by atoms with E-state index in [2.05, 4.69) is 0 Å². The number of piperidine rings is 1. The Balaban J connectivity index is 2.15. The predicted octanol–water partition coefficient (Wildman–Crippen LogP) is 3.38. The molecule has 0 spiro atoms. The van der Waals surface area contributed by atoms with E-state index < -0.39 is 17.0 Å². The lowest BCUT2D eigenvalue weighted by Gasteiger charge is -2.34. The van der Waals surface area contributed by atoms with Gasteiger partial charge >= 0.3 is 6.18 Å². The molecule has 0 bridgehead atoms.